The summed E-state index contributed by atoms with van der Waals surface area (Å²) in [5.41, 5.74) is 0.353. The lowest BCUT2D eigenvalue weighted by molar-refractivity contribution is 0.0949. The number of phenols is 2. The molecule has 98 valence electrons. The first-order valence-corrected chi connectivity index (χ1v) is 6.19. The third-order valence-corrected chi connectivity index (χ3v) is 3.15. The minimum absolute atomic E-state index is 0.219. The number of hydrogen-bond donors (Lipinski definition) is 3. The quantitative estimate of drug-likeness (QED) is 0.695. The number of carbonyl (C=O) groups excluding carboxylic acids is 1. The number of amides is 1. The summed E-state index contributed by atoms with van der Waals surface area (Å²) in [6.45, 7) is 3.67. The molecule has 1 saturated heterocycles. The molecule has 1 aromatic rings. The topological polar surface area (TPSA) is 72.8 Å². The molecule has 0 radical (unpaired) electrons. The molecule has 0 aromatic heterocycles. The highest BCUT2D eigenvalue weighted by atomic mass is 16.3. The van der Waals surface area contributed by atoms with Crippen molar-refractivity contribution in [3.63, 3.8) is 0 Å². The van der Waals surface area contributed by atoms with E-state index in [0.717, 1.165) is 19.6 Å². The van der Waals surface area contributed by atoms with E-state index in [9.17, 15) is 9.90 Å². The van der Waals surface area contributed by atoms with Crippen molar-refractivity contribution in [3.05, 3.63) is 23.8 Å². The number of rotatable bonds is 4. The van der Waals surface area contributed by atoms with Crippen LogP contribution in [0.4, 0.5) is 0 Å². The van der Waals surface area contributed by atoms with E-state index in [-0.39, 0.29) is 17.4 Å². The third kappa shape index (κ3) is 3.13. The van der Waals surface area contributed by atoms with Crippen LogP contribution in [0.25, 0.3) is 0 Å². The van der Waals surface area contributed by atoms with Gasteiger partial charge in [-0.2, -0.15) is 0 Å². The molecular formula is C13H18N2O3. The first-order chi connectivity index (χ1) is 8.66. The number of carbonyl (C=O) groups is 1. The Labute approximate surface area is 106 Å². The van der Waals surface area contributed by atoms with Gasteiger partial charge in [0.15, 0.2) is 11.5 Å². The Bertz CT molecular complexity index is 428. The van der Waals surface area contributed by atoms with Gasteiger partial charge in [-0.15, -0.1) is 0 Å². The van der Waals surface area contributed by atoms with Gasteiger partial charge in [-0.05, 0) is 44.1 Å². The Morgan fingerprint density at radius 3 is 2.61 bits per heavy atom. The van der Waals surface area contributed by atoms with Crippen LogP contribution in [0, 0.1) is 0 Å². The summed E-state index contributed by atoms with van der Waals surface area (Å²) in [5, 5.41) is 21.3. The van der Waals surface area contributed by atoms with Crippen molar-refractivity contribution in [1.82, 2.24) is 10.2 Å². The van der Waals surface area contributed by atoms with Crippen molar-refractivity contribution in [2.75, 3.05) is 26.2 Å². The fourth-order valence-corrected chi connectivity index (χ4v) is 2.10. The highest BCUT2D eigenvalue weighted by molar-refractivity contribution is 5.94. The van der Waals surface area contributed by atoms with E-state index in [1.54, 1.807) is 0 Å². The second kappa shape index (κ2) is 5.73. The van der Waals surface area contributed by atoms with Crippen LogP contribution in [0.15, 0.2) is 18.2 Å². The van der Waals surface area contributed by atoms with Gasteiger partial charge in [0.1, 0.15) is 0 Å². The monoisotopic (exact) mass is 250 g/mol. The maximum atomic E-state index is 11.8. The van der Waals surface area contributed by atoms with Gasteiger partial charge >= 0.3 is 0 Å². The van der Waals surface area contributed by atoms with Crippen molar-refractivity contribution in [2.24, 2.45) is 0 Å². The van der Waals surface area contributed by atoms with E-state index in [0.29, 0.717) is 12.1 Å². The van der Waals surface area contributed by atoms with Gasteiger partial charge in [-0.1, -0.05) is 0 Å². The van der Waals surface area contributed by atoms with E-state index in [2.05, 4.69) is 10.2 Å². The number of hydrogen-bond acceptors (Lipinski definition) is 4. The van der Waals surface area contributed by atoms with Crippen LogP contribution in [-0.4, -0.2) is 47.2 Å². The van der Waals surface area contributed by atoms with Crippen molar-refractivity contribution >= 4 is 5.91 Å². The molecule has 18 heavy (non-hydrogen) atoms. The van der Waals surface area contributed by atoms with Crippen LogP contribution in [0.1, 0.15) is 23.2 Å². The number of nitrogens with zero attached hydrogens (tertiary/aromatic N) is 1. The minimum Gasteiger partial charge on any atom is -0.504 e. The molecule has 0 unspecified atom stereocenters. The van der Waals surface area contributed by atoms with Crippen LogP contribution in [-0.2, 0) is 0 Å². The second-order valence-electron chi connectivity index (χ2n) is 4.51. The van der Waals surface area contributed by atoms with E-state index in [4.69, 9.17) is 5.11 Å². The van der Waals surface area contributed by atoms with Crippen LogP contribution < -0.4 is 5.32 Å². The molecule has 1 aliphatic heterocycles. The van der Waals surface area contributed by atoms with Crippen LogP contribution in [0.5, 0.6) is 11.5 Å². The predicted molar refractivity (Wildman–Crippen MR) is 67.8 cm³/mol. The highest BCUT2D eigenvalue weighted by Crippen LogP contribution is 2.24. The van der Waals surface area contributed by atoms with E-state index in [1.165, 1.54) is 31.0 Å². The Kier molecular flexibility index (Phi) is 4.04. The first-order valence-electron chi connectivity index (χ1n) is 6.19. The lowest BCUT2D eigenvalue weighted by Crippen LogP contribution is -2.33. The normalized spacial score (nSPS) is 15.8. The molecule has 5 heteroatoms. The van der Waals surface area contributed by atoms with Gasteiger partial charge in [0.05, 0.1) is 0 Å². The van der Waals surface area contributed by atoms with Crippen LogP contribution in [0.3, 0.4) is 0 Å². The summed E-state index contributed by atoms with van der Waals surface area (Å²) in [5.74, 6) is -0.727. The standard InChI is InChI=1S/C13H18N2O3/c16-11-4-3-10(9-12(11)17)13(18)14-5-8-15-6-1-2-7-15/h3-4,9,16-17H,1-2,5-8H2,(H,14,18). The number of phenolic OH excluding ortho intramolecular Hbond substituents is 2. The second-order valence-corrected chi connectivity index (χ2v) is 4.51. The molecule has 0 aliphatic carbocycles. The largest absolute Gasteiger partial charge is 0.504 e. The van der Waals surface area contributed by atoms with Crippen molar-refractivity contribution in [3.8, 4) is 11.5 Å². The van der Waals surface area contributed by atoms with E-state index < -0.39 is 0 Å². The molecule has 5 nitrogen and oxygen atoms in total. The van der Waals surface area contributed by atoms with Crippen molar-refractivity contribution in [1.29, 1.82) is 0 Å². The molecular weight excluding hydrogens is 232 g/mol. The van der Waals surface area contributed by atoms with Crippen LogP contribution in [0.2, 0.25) is 0 Å². The molecule has 0 saturated carbocycles. The molecule has 1 heterocycles. The average Bonchev–Trinajstić information content (AvgIpc) is 2.85. The number of likely N-dealkylation sites (tertiary alicyclic amines) is 1. The number of nitrogens with one attached hydrogen (secondary N) is 1. The maximum Gasteiger partial charge on any atom is 0.251 e. The summed E-state index contributed by atoms with van der Waals surface area (Å²) < 4.78 is 0. The molecule has 2 rings (SSSR count). The predicted octanol–water partition coefficient (Wildman–Crippen LogP) is 0.923. The summed E-state index contributed by atoms with van der Waals surface area (Å²) in [6.07, 6.45) is 2.47. The van der Waals surface area contributed by atoms with Gasteiger partial charge in [0.2, 0.25) is 0 Å². The minimum atomic E-state index is -0.276. The van der Waals surface area contributed by atoms with Crippen molar-refractivity contribution in [2.45, 2.75) is 12.8 Å². The zero-order chi connectivity index (χ0) is 13.0. The fraction of sp³-hybridized carbons (Fsp3) is 0.462. The van der Waals surface area contributed by atoms with E-state index in [1.807, 2.05) is 0 Å². The summed E-state index contributed by atoms with van der Waals surface area (Å²) in [7, 11) is 0. The van der Waals surface area contributed by atoms with Gasteiger partial charge in [-0.25, -0.2) is 0 Å². The van der Waals surface area contributed by atoms with Crippen molar-refractivity contribution < 1.29 is 15.0 Å². The van der Waals surface area contributed by atoms with Gasteiger partial charge in [0.25, 0.3) is 5.91 Å². The van der Waals surface area contributed by atoms with E-state index >= 15 is 0 Å². The molecule has 0 atom stereocenters. The zero-order valence-corrected chi connectivity index (χ0v) is 10.2. The molecule has 1 aliphatic rings. The van der Waals surface area contributed by atoms with Crippen LogP contribution >= 0.6 is 0 Å². The van der Waals surface area contributed by atoms with Gasteiger partial charge in [0, 0.05) is 18.7 Å². The number of aromatic hydroxyl groups is 2. The molecule has 1 aromatic carbocycles. The Morgan fingerprint density at radius 2 is 1.94 bits per heavy atom. The van der Waals surface area contributed by atoms with Gasteiger partial charge < -0.3 is 20.4 Å². The maximum absolute atomic E-state index is 11.8. The molecule has 1 amide bonds. The summed E-state index contributed by atoms with van der Waals surface area (Å²) >= 11 is 0. The van der Waals surface area contributed by atoms with Gasteiger partial charge in [-0.3, -0.25) is 4.79 Å². The lowest BCUT2D eigenvalue weighted by Gasteiger charge is -2.14. The summed E-state index contributed by atoms with van der Waals surface area (Å²) in [4.78, 5) is 14.1. The first kappa shape index (κ1) is 12.7. The Morgan fingerprint density at radius 1 is 1.22 bits per heavy atom. The molecule has 0 spiro atoms. The zero-order valence-electron chi connectivity index (χ0n) is 10.2. The summed E-state index contributed by atoms with van der Waals surface area (Å²) in [6, 6.07) is 4.06. The Balaban J connectivity index is 1.81. The molecule has 1 fully saturated rings. The Hall–Kier alpha value is -1.75. The average molecular weight is 250 g/mol. The fourth-order valence-electron chi connectivity index (χ4n) is 2.10. The molecule has 0 bridgehead atoms. The third-order valence-electron chi connectivity index (χ3n) is 3.15. The SMILES string of the molecule is O=C(NCCN1CCCC1)c1ccc(O)c(O)c1. The highest BCUT2D eigenvalue weighted by Gasteiger charge is 2.12. The molecule has 3 N–H and O–H groups in total. The smallest absolute Gasteiger partial charge is 0.251 e. The lowest BCUT2D eigenvalue weighted by atomic mass is 10.2. The number of benzene rings is 1.